The van der Waals surface area contributed by atoms with Crippen molar-refractivity contribution in [2.24, 2.45) is 0 Å². The van der Waals surface area contributed by atoms with Crippen molar-refractivity contribution in [1.82, 2.24) is 9.62 Å². The summed E-state index contributed by atoms with van der Waals surface area (Å²) in [5.74, 6) is 0. The second-order valence-corrected chi connectivity index (χ2v) is 9.34. The zero-order valence-corrected chi connectivity index (χ0v) is 15.8. The van der Waals surface area contributed by atoms with Crippen molar-refractivity contribution in [2.75, 3.05) is 13.1 Å². The third-order valence-electron chi connectivity index (χ3n) is 4.63. The van der Waals surface area contributed by atoms with Gasteiger partial charge in [-0.15, -0.1) is 11.3 Å². The van der Waals surface area contributed by atoms with Gasteiger partial charge in [-0.05, 0) is 55.8 Å². The molecular weight excluding hydrogens is 340 g/mol. The van der Waals surface area contributed by atoms with Gasteiger partial charge in [0.2, 0.25) is 10.0 Å². The van der Waals surface area contributed by atoms with Crippen LogP contribution in [0.5, 0.6) is 0 Å². The number of hydrogen-bond donors (Lipinski definition) is 1. The molecule has 0 aliphatic carbocycles. The Balaban J connectivity index is 1.56. The van der Waals surface area contributed by atoms with Crippen molar-refractivity contribution in [2.45, 2.75) is 44.2 Å². The number of nitrogens with one attached hydrogen (secondary N) is 1. The predicted molar refractivity (Wildman–Crippen MR) is 98.9 cm³/mol. The average Bonchev–Trinajstić information content (AvgIpc) is 2.99. The molecule has 1 aromatic heterocycles. The fourth-order valence-corrected chi connectivity index (χ4v) is 5.31. The van der Waals surface area contributed by atoms with Gasteiger partial charge in [-0.25, -0.2) is 8.42 Å². The van der Waals surface area contributed by atoms with E-state index in [1.54, 1.807) is 27.8 Å². The molecule has 1 saturated heterocycles. The number of rotatable bonds is 5. The van der Waals surface area contributed by atoms with Crippen LogP contribution in [-0.4, -0.2) is 31.9 Å². The first-order valence-corrected chi connectivity index (χ1v) is 10.6. The Morgan fingerprint density at radius 2 is 1.79 bits per heavy atom. The summed E-state index contributed by atoms with van der Waals surface area (Å²) < 4.78 is 27.0. The lowest BCUT2D eigenvalue weighted by Crippen LogP contribution is -2.44. The lowest BCUT2D eigenvalue weighted by Gasteiger charge is -2.31. The summed E-state index contributed by atoms with van der Waals surface area (Å²) in [5, 5.41) is 5.69. The predicted octanol–water partition coefficient (Wildman–Crippen LogP) is 3.31. The molecule has 2 aromatic rings. The zero-order chi connectivity index (χ0) is 17.2. The van der Waals surface area contributed by atoms with E-state index in [0.717, 1.165) is 24.9 Å². The first-order valence-electron chi connectivity index (χ1n) is 8.30. The van der Waals surface area contributed by atoms with Gasteiger partial charge in [0.25, 0.3) is 0 Å². The highest BCUT2D eigenvalue weighted by Gasteiger charge is 2.29. The standard InChI is InChI=1S/C18H24N2O2S2/c1-14-3-5-17(6-4-14)24(21,22)20-10-7-16(8-11-20)19-13-18-15(2)9-12-23-18/h3-6,9,12,16,19H,7-8,10-11,13H2,1-2H3. The maximum absolute atomic E-state index is 12.7. The highest BCUT2D eigenvalue weighted by Crippen LogP contribution is 2.22. The van der Waals surface area contributed by atoms with Crippen LogP contribution in [0.3, 0.4) is 0 Å². The minimum absolute atomic E-state index is 0.385. The highest BCUT2D eigenvalue weighted by atomic mass is 32.2. The Kier molecular flexibility index (Phi) is 5.39. The number of thiophene rings is 1. The second-order valence-electron chi connectivity index (χ2n) is 6.40. The summed E-state index contributed by atoms with van der Waals surface area (Å²) >= 11 is 1.77. The monoisotopic (exact) mass is 364 g/mol. The second kappa shape index (κ2) is 7.35. The topological polar surface area (TPSA) is 49.4 Å². The van der Waals surface area contributed by atoms with Crippen molar-refractivity contribution in [3.63, 3.8) is 0 Å². The van der Waals surface area contributed by atoms with Crippen LogP contribution in [-0.2, 0) is 16.6 Å². The summed E-state index contributed by atoms with van der Waals surface area (Å²) in [6.07, 6.45) is 1.71. The van der Waals surface area contributed by atoms with E-state index in [1.807, 2.05) is 19.1 Å². The number of hydrogen-bond acceptors (Lipinski definition) is 4. The molecule has 0 saturated carbocycles. The van der Waals surface area contributed by atoms with Crippen molar-refractivity contribution in [3.05, 3.63) is 51.7 Å². The van der Waals surface area contributed by atoms with Gasteiger partial charge in [-0.1, -0.05) is 17.7 Å². The van der Waals surface area contributed by atoms with Gasteiger partial charge in [0.05, 0.1) is 4.90 Å². The summed E-state index contributed by atoms with van der Waals surface area (Å²) in [7, 11) is -3.36. The van der Waals surface area contributed by atoms with Crippen molar-refractivity contribution < 1.29 is 8.42 Å². The van der Waals surface area contributed by atoms with Crippen LogP contribution in [0.15, 0.2) is 40.6 Å². The van der Waals surface area contributed by atoms with E-state index in [2.05, 4.69) is 23.7 Å². The van der Waals surface area contributed by atoms with E-state index in [9.17, 15) is 8.42 Å². The lowest BCUT2D eigenvalue weighted by molar-refractivity contribution is 0.289. The van der Waals surface area contributed by atoms with E-state index < -0.39 is 10.0 Å². The molecule has 24 heavy (non-hydrogen) atoms. The molecule has 0 amide bonds. The van der Waals surface area contributed by atoms with Crippen molar-refractivity contribution in [3.8, 4) is 0 Å². The summed E-state index contributed by atoms with van der Waals surface area (Å²) in [6, 6.07) is 9.63. The molecule has 3 rings (SSSR count). The third-order valence-corrected chi connectivity index (χ3v) is 7.57. The number of sulfonamides is 1. The molecule has 2 heterocycles. The van der Waals surface area contributed by atoms with E-state index in [1.165, 1.54) is 10.4 Å². The van der Waals surface area contributed by atoms with Crippen LogP contribution in [0.2, 0.25) is 0 Å². The Morgan fingerprint density at radius 3 is 2.38 bits per heavy atom. The fourth-order valence-electron chi connectivity index (χ4n) is 2.98. The van der Waals surface area contributed by atoms with Crippen LogP contribution in [0.4, 0.5) is 0 Å². The minimum atomic E-state index is -3.36. The molecule has 1 aliphatic rings. The van der Waals surface area contributed by atoms with E-state index in [-0.39, 0.29) is 0 Å². The number of aryl methyl sites for hydroxylation is 2. The molecule has 0 bridgehead atoms. The number of nitrogens with zero attached hydrogens (tertiary/aromatic N) is 1. The molecule has 1 aromatic carbocycles. The Morgan fingerprint density at radius 1 is 1.12 bits per heavy atom. The van der Waals surface area contributed by atoms with E-state index in [4.69, 9.17) is 0 Å². The molecule has 0 spiro atoms. The Bertz CT molecular complexity index is 774. The molecule has 130 valence electrons. The molecule has 1 N–H and O–H groups in total. The van der Waals surface area contributed by atoms with Crippen molar-refractivity contribution in [1.29, 1.82) is 0 Å². The maximum Gasteiger partial charge on any atom is 0.243 e. The van der Waals surface area contributed by atoms with Gasteiger partial charge in [-0.3, -0.25) is 0 Å². The first-order chi connectivity index (χ1) is 11.5. The Labute approximate surface area is 148 Å². The average molecular weight is 365 g/mol. The largest absolute Gasteiger partial charge is 0.309 e. The van der Waals surface area contributed by atoms with Crippen LogP contribution >= 0.6 is 11.3 Å². The zero-order valence-electron chi connectivity index (χ0n) is 14.2. The summed E-state index contributed by atoms with van der Waals surface area (Å²) in [5.41, 5.74) is 2.40. The van der Waals surface area contributed by atoms with Gasteiger partial charge in [-0.2, -0.15) is 4.31 Å². The summed E-state index contributed by atoms with van der Waals surface area (Å²) in [4.78, 5) is 1.76. The third kappa shape index (κ3) is 3.88. The van der Waals surface area contributed by atoms with Gasteiger partial charge in [0, 0.05) is 30.6 Å². The normalized spacial score (nSPS) is 17.2. The number of piperidine rings is 1. The minimum Gasteiger partial charge on any atom is -0.309 e. The molecule has 4 nitrogen and oxygen atoms in total. The lowest BCUT2D eigenvalue weighted by atomic mass is 10.1. The first kappa shape index (κ1) is 17.6. The van der Waals surface area contributed by atoms with Crippen LogP contribution in [0.25, 0.3) is 0 Å². The molecular formula is C18H24N2O2S2. The molecule has 0 atom stereocenters. The quantitative estimate of drug-likeness (QED) is 0.885. The molecule has 6 heteroatoms. The van der Waals surface area contributed by atoms with E-state index in [0.29, 0.717) is 24.0 Å². The van der Waals surface area contributed by atoms with Crippen LogP contribution in [0.1, 0.15) is 28.8 Å². The SMILES string of the molecule is Cc1ccc(S(=O)(=O)N2CCC(NCc3sccc3C)CC2)cc1. The van der Waals surface area contributed by atoms with Gasteiger partial charge in [0.15, 0.2) is 0 Å². The van der Waals surface area contributed by atoms with E-state index >= 15 is 0 Å². The summed E-state index contributed by atoms with van der Waals surface area (Å²) in [6.45, 7) is 6.13. The van der Waals surface area contributed by atoms with Gasteiger partial charge < -0.3 is 5.32 Å². The fraction of sp³-hybridized carbons (Fsp3) is 0.444. The smallest absolute Gasteiger partial charge is 0.243 e. The van der Waals surface area contributed by atoms with Gasteiger partial charge in [0.1, 0.15) is 0 Å². The molecule has 0 unspecified atom stereocenters. The van der Waals surface area contributed by atoms with Crippen molar-refractivity contribution >= 4 is 21.4 Å². The number of benzene rings is 1. The molecule has 1 aliphatic heterocycles. The molecule has 0 radical (unpaired) electrons. The molecule has 1 fully saturated rings. The Hall–Kier alpha value is -1.21. The van der Waals surface area contributed by atoms with Gasteiger partial charge >= 0.3 is 0 Å². The highest BCUT2D eigenvalue weighted by molar-refractivity contribution is 7.89. The maximum atomic E-state index is 12.7. The van der Waals surface area contributed by atoms with Crippen LogP contribution < -0.4 is 5.32 Å². The van der Waals surface area contributed by atoms with Crippen LogP contribution in [0, 0.1) is 13.8 Å².